The Morgan fingerprint density at radius 2 is 2.21 bits per heavy atom. The van der Waals surface area contributed by atoms with E-state index in [1.807, 2.05) is 13.0 Å². The molecule has 0 aliphatic rings. The molecule has 1 aromatic carbocycles. The molecule has 14 heavy (non-hydrogen) atoms. The number of anilines is 1. The Morgan fingerprint density at radius 3 is 2.79 bits per heavy atom. The van der Waals surface area contributed by atoms with Crippen LogP contribution in [0.1, 0.15) is 15.9 Å². The second kappa shape index (κ2) is 4.43. The molecule has 5 heteroatoms. The molecule has 1 aromatic rings. The van der Waals surface area contributed by atoms with Gasteiger partial charge in [-0.1, -0.05) is 15.9 Å². The van der Waals surface area contributed by atoms with Crippen molar-refractivity contribution in [3.63, 3.8) is 0 Å². The van der Waals surface area contributed by atoms with Gasteiger partial charge in [-0.25, -0.2) is 5.48 Å². The highest BCUT2D eigenvalue weighted by molar-refractivity contribution is 9.10. The highest BCUT2D eigenvalue weighted by Crippen LogP contribution is 2.22. The largest absolute Gasteiger partial charge is 0.398 e. The van der Waals surface area contributed by atoms with Gasteiger partial charge in [0.25, 0.3) is 5.91 Å². The molecule has 0 atom stereocenters. The third-order valence-electron chi connectivity index (χ3n) is 1.79. The molecule has 0 bridgehead atoms. The number of halogens is 1. The van der Waals surface area contributed by atoms with E-state index in [-0.39, 0.29) is 5.91 Å². The number of benzene rings is 1. The zero-order valence-electron chi connectivity index (χ0n) is 7.93. The lowest BCUT2D eigenvalue weighted by atomic mass is 10.1. The van der Waals surface area contributed by atoms with Gasteiger partial charge < -0.3 is 5.73 Å². The van der Waals surface area contributed by atoms with Crippen molar-refractivity contribution in [3.05, 3.63) is 27.7 Å². The van der Waals surface area contributed by atoms with Crippen molar-refractivity contribution < 1.29 is 9.63 Å². The first kappa shape index (κ1) is 11.0. The fraction of sp³-hybridized carbons (Fsp3) is 0.222. The molecule has 3 N–H and O–H groups in total. The number of carbonyl (C=O) groups excluding carboxylic acids is 1. The Balaban J connectivity index is 3.13. The molecular formula is C9H11BrN2O2. The predicted octanol–water partition coefficient (Wildman–Crippen LogP) is 1.63. The Morgan fingerprint density at radius 1 is 1.57 bits per heavy atom. The normalized spacial score (nSPS) is 9.93. The van der Waals surface area contributed by atoms with E-state index in [1.165, 1.54) is 7.11 Å². The lowest BCUT2D eigenvalue weighted by molar-refractivity contribution is 0.0538. The smallest absolute Gasteiger partial charge is 0.276 e. The standard InChI is InChI=1S/C9H11BrN2O2/c1-5-3-6(10)4-7(8(5)11)9(13)12-14-2/h3-4H,11H2,1-2H3,(H,12,13). The van der Waals surface area contributed by atoms with Gasteiger partial charge in [0.05, 0.1) is 12.7 Å². The summed E-state index contributed by atoms with van der Waals surface area (Å²) in [5.74, 6) is -0.352. The number of nitrogens with two attached hydrogens (primary N) is 1. The minimum absolute atomic E-state index is 0.352. The first-order chi connectivity index (χ1) is 6.56. The van der Waals surface area contributed by atoms with Crippen LogP contribution < -0.4 is 11.2 Å². The van der Waals surface area contributed by atoms with Crippen LogP contribution in [-0.4, -0.2) is 13.0 Å². The molecule has 76 valence electrons. The second-order valence-electron chi connectivity index (χ2n) is 2.82. The third kappa shape index (κ3) is 2.24. The molecule has 0 heterocycles. The van der Waals surface area contributed by atoms with Gasteiger partial charge >= 0.3 is 0 Å². The van der Waals surface area contributed by atoms with Crippen LogP contribution in [0.5, 0.6) is 0 Å². The molecular weight excluding hydrogens is 248 g/mol. The Bertz CT molecular complexity index is 366. The van der Waals surface area contributed by atoms with Crippen LogP contribution in [-0.2, 0) is 4.84 Å². The van der Waals surface area contributed by atoms with E-state index in [1.54, 1.807) is 6.07 Å². The molecule has 0 aliphatic carbocycles. The topological polar surface area (TPSA) is 64.3 Å². The van der Waals surface area contributed by atoms with Crippen LogP contribution in [0.2, 0.25) is 0 Å². The molecule has 0 spiro atoms. The van der Waals surface area contributed by atoms with Crippen LogP contribution >= 0.6 is 15.9 Å². The molecule has 4 nitrogen and oxygen atoms in total. The van der Waals surface area contributed by atoms with Crippen LogP contribution in [0.15, 0.2) is 16.6 Å². The lowest BCUT2D eigenvalue weighted by Gasteiger charge is -2.08. The number of hydroxylamine groups is 1. The van der Waals surface area contributed by atoms with Gasteiger partial charge in [-0.15, -0.1) is 0 Å². The summed E-state index contributed by atoms with van der Waals surface area (Å²) in [6.07, 6.45) is 0. The zero-order valence-corrected chi connectivity index (χ0v) is 9.51. The van der Waals surface area contributed by atoms with E-state index >= 15 is 0 Å². The fourth-order valence-corrected chi connectivity index (χ4v) is 1.66. The van der Waals surface area contributed by atoms with Crippen molar-refractivity contribution in [2.45, 2.75) is 6.92 Å². The summed E-state index contributed by atoms with van der Waals surface area (Å²) in [4.78, 5) is 16.0. The number of rotatable bonds is 2. The first-order valence-corrected chi connectivity index (χ1v) is 4.74. The summed E-state index contributed by atoms with van der Waals surface area (Å²) in [5, 5.41) is 0. The summed E-state index contributed by atoms with van der Waals surface area (Å²) in [7, 11) is 1.37. The molecule has 0 saturated heterocycles. The SMILES string of the molecule is CONC(=O)c1cc(Br)cc(C)c1N. The molecule has 1 amide bonds. The number of nitrogen functional groups attached to an aromatic ring is 1. The highest BCUT2D eigenvalue weighted by Gasteiger charge is 2.11. The quantitative estimate of drug-likeness (QED) is 0.626. The predicted molar refractivity (Wildman–Crippen MR) is 57.8 cm³/mol. The monoisotopic (exact) mass is 258 g/mol. The highest BCUT2D eigenvalue weighted by atomic mass is 79.9. The number of hydrogen-bond acceptors (Lipinski definition) is 3. The van der Waals surface area contributed by atoms with Crippen molar-refractivity contribution in [2.75, 3.05) is 12.8 Å². The van der Waals surface area contributed by atoms with Gasteiger partial charge in [0.1, 0.15) is 0 Å². The number of amides is 1. The summed E-state index contributed by atoms with van der Waals surface area (Å²) in [6, 6.07) is 3.50. The van der Waals surface area contributed by atoms with Crippen molar-refractivity contribution in [3.8, 4) is 0 Å². The summed E-state index contributed by atoms with van der Waals surface area (Å²) >= 11 is 3.29. The maximum atomic E-state index is 11.4. The van der Waals surface area contributed by atoms with Crippen LogP contribution in [0.4, 0.5) is 5.69 Å². The summed E-state index contributed by atoms with van der Waals surface area (Å²) < 4.78 is 0.811. The molecule has 0 aliphatic heterocycles. The molecule has 0 saturated carbocycles. The van der Waals surface area contributed by atoms with Crippen molar-refractivity contribution in [1.29, 1.82) is 0 Å². The van der Waals surface area contributed by atoms with E-state index < -0.39 is 0 Å². The summed E-state index contributed by atoms with van der Waals surface area (Å²) in [6.45, 7) is 1.84. The van der Waals surface area contributed by atoms with Crippen LogP contribution in [0.25, 0.3) is 0 Å². The average molecular weight is 259 g/mol. The number of nitrogens with one attached hydrogen (secondary N) is 1. The van der Waals surface area contributed by atoms with Crippen LogP contribution in [0.3, 0.4) is 0 Å². The zero-order chi connectivity index (χ0) is 10.7. The van der Waals surface area contributed by atoms with Crippen LogP contribution in [0, 0.1) is 6.92 Å². The number of carbonyl (C=O) groups is 1. The first-order valence-electron chi connectivity index (χ1n) is 3.95. The van der Waals surface area contributed by atoms with E-state index in [2.05, 4.69) is 26.2 Å². The molecule has 0 unspecified atom stereocenters. The maximum Gasteiger partial charge on any atom is 0.276 e. The van der Waals surface area contributed by atoms with E-state index in [0.717, 1.165) is 10.0 Å². The Labute approximate surface area is 90.5 Å². The van der Waals surface area contributed by atoms with Gasteiger partial charge in [0.15, 0.2) is 0 Å². The van der Waals surface area contributed by atoms with Gasteiger partial charge in [-0.05, 0) is 24.6 Å². The molecule has 0 radical (unpaired) electrons. The third-order valence-corrected chi connectivity index (χ3v) is 2.25. The molecule has 0 fully saturated rings. The Hall–Kier alpha value is -1.07. The number of aryl methyl sites for hydroxylation is 1. The maximum absolute atomic E-state index is 11.4. The minimum Gasteiger partial charge on any atom is -0.398 e. The molecule has 0 aromatic heterocycles. The van der Waals surface area contributed by atoms with Gasteiger partial charge in [0, 0.05) is 10.2 Å². The summed E-state index contributed by atoms with van der Waals surface area (Å²) in [5.41, 5.74) is 9.67. The van der Waals surface area contributed by atoms with E-state index in [9.17, 15) is 4.79 Å². The van der Waals surface area contributed by atoms with Gasteiger partial charge in [-0.2, -0.15) is 0 Å². The van der Waals surface area contributed by atoms with Crippen molar-refractivity contribution in [1.82, 2.24) is 5.48 Å². The van der Waals surface area contributed by atoms with E-state index in [4.69, 9.17) is 5.73 Å². The lowest BCUT2D eigenvalue weighted by Crippen LogP contribution is -2.23. The Kier molecular flexibility index (Phi) is 3.49. The average Bonchev–Trinajstić information content (AvgIpc) is 2.11. The van der Waals surface area contributed by atoms with E-state index in [0.29, 0.717) is 11.3 Å². The van der Waals surface area contributed by atoms with Gasteiger partial charge in [-0.3, -0.25) is 9.63 Å². The fourth-order valence-electron chi connectivity index (χ4n) is 1.09. The van der Waals surface area contributed by atoms with Gasteiger partial charge in [0.2, 0.25) is 0 Å². The number of hydrogen-bond donors (Lipinski definition) is 2. The second-order valence-corrected chi connectivity index (χ2v) is 3.73. The van der Waals surface area contributed by atoms with Crippen molar-refractivity contribution in [2.24, 2.45) is 0 Å². The van der Waals surface area contributed by atoms with Crippen molar-refractivity contribution >= 4 is 27.5 Å². The minimum atomic E-state index is -0.352. The molecule has 1 rings (SSSR count).